The van der Waals surface area contributed by atoms with Crippen molar-refractivity contribution in [1.82, 2.24) is 0 Å². The molecule has 0 radical (unpaired) electrons. The SMILES string of the molecule is CCCCCCCC(=O)O[13C@H]1CC[C@@]2(C)C(=CC[C@H]3[C@@H]4CC[C@H]([C@H](C)CCCC(C)C)[C@@]4(C)CC[C@@H]32)C1. The third-order valence-electron chi connectivity index (χ3n) is 12.0. The maximum atomic E-state index is 12.5. The Hall–Kier alpha value is -0.790. The molecule has 37 heavy (non-hydrogen) atoms. The fourth-order valence-corrected chi connectivity index (χ4v) is 9.87. The van der Waals surface area contributed by atoms with E-state index in [1.54, 1.807) is 5.57 Å². The van der Waals surface area contributed by atoms with Crippen molar-refractivity contribution in [2.45, 2.75) is 157 Å². The van der Waals surface area contributed by atoms with Crippen molar-refractivity contribution >= 4 is 5.97 Å². The number of esters is 1. The first-order chi connectivity index (χ1) is 17.7. The van der Waals surface area contributed by atoms with Crippen molar-refractivity contribution in [3.05, 3.63) is 11.6 Å². The molecule has 0 spiro atoms. The van der Waals surface area contributed by atoms with E-state index in [0.717, 1.165) is 61.2 Å². The van der Waals surface area contributed by atoms with Crippen LogP contribution in [-0.2, 0) is 9.53 Å². The van der Waals surface area contributed by atoms with Gasteiger partial charge in [0.05, 0.1) is 0 Å². The van der Waals surface area contributed by atoms with Crippen molar-refractivity contribution in [3.8, 4) is 0 Å². The normalized spacial score (nSPS) is 37.9. The van der Waals surface area contributed by atoms with Crippen LogP contribution in [0.1, 0.15) is 151 Å². The molecule has 2 nitrogen and oxygen atoms in total. The van der Waals surface area contributed by atoms with Gasteiger partial charge in [-0.1, -0.05) is 98.1 Å². The molecule has 212 valence electrons. The summed E-state index contributed by atoms with van der Waals surface area (Å²) < 4.78 is 6.02. The highest BCUT2D eigenvalue weighted by Gasteiger charge is 2.59. The van der Waals surface area contributed by atoms with E-state index < -0.39 is 0 Å². The lowest BCUT2D eigenvalue weighted by atomic mass is 9.47. The fraction of sp³-hybridized carbons (Fsp3) is 0.914. The molecule has 4 aliphatic carbocycles. The minimum Gasteiger partial charge on any atom is -0.462 e. The predicted octanol–water partition coefficient (Wildman–Crippen LogP) is 10.3. The van der Waals surface area contributed by atoms with Crippen LogP contribution in [0.2, 0.25) is 0 Å². The molecule has 0 N–H and O–H groups in total. The van der Waals surface area contributed by atoms with Gasteiger partial charge in [-0.2, -0.15) is 0 Å². The highest BCUT2D eigenvalue weighted by molar-refractivity contribution is 5.69. The summed E-state index contributed by atoms with van der Waals surface area (Å²) in [5.74, 6) is 5.34. The first kappa shape index (κ1) is 29.2. The molecule has 4 aliphatic rings. The van der Waals surface area contributed by atoms with E-state index in [1.165, 1.54) is 77.0 Å². The molecule has 0 aromatic heterocycles. The van der Waals surface area contributed by atoms with Crippen molar-refractivity contribution in [1.29, 1.82) is 0 Å². The van der Waals surface area contributed by atoms with Crippen LogP contribution in [0.25, 0.3) is 0 Å². The van der Waals surface area contributed by atoms with E-state index in [-0.39, 0.29) is 12.1 Å². The average Bonchev–Trinajstić information content (AvgIpc) is 3.21. The summed E-state index contributed by atoms with van der Waals surface area (Å²) in [6.45, 7) is 14.9. The largest absolute Gasteiger partial charge is 0.462 e. The van der Waals surface area contributed by atoms with Gasteiger partial charge in [0, 0.05) is 12.8 Å². The van der Waals surface area contributed by atoms with Crippen LogP contribution in [0, 0.1) is 46.3 Å². The molecular weight excluding hydrogens is 453 g/mol. The Labute approximate surface area is 230 Å². The van der Waals surface area contributed by atoms with Crippen molar-refractivity contribution in [3.63, 3.8) is 0 Å². The summed E-state index contributed by atoms with van der Waals surface area (Å²) >= 11 is 0. The second-order valence-electron chi connectivity index (χ2n) is 14.8. The molecule has 0 amide bonds. The molecule has 0 unspecified atom stereocenters. The molecule has 0 aliphatic heterocycles. The molecule has 2 heteroatoms. The zero-order valence-corrected chi connectivity index (χ0v) is 25.5. The summed E-state index contributed by atoms with van der Waals surface area (Å²) in [5, 5.41) is 0. The summed E-state index contributed by atoms with van der Waals surface area (Å²) in [6, 6.07) is 0. The van der Waals surface area contributed by atoms with Crippen LogP contribution in [0.3, 0.4) is 0 Å². The second-order valence-corrected chi connectivity index (χ2v) is 14.8. The molecule has 4 rings (SSSR count). The van der Waals surface area contributed by atoms with E-state index in [0.29, 0.717) is 17.3 Å². The van der Waals surface area contributed by atoms with Gasteiger partial charge in [0.15, 0.2) is 0 Å². The standard InChI is InChI=1S/C35H60O2/c1-7-8-9-10-11-15-33(36)37-28-20-22-34(5)27(24-28)16-17-29-31-19-18-30(26(4)14-12-13-25(2)3)35(31,6)23-21-32(29)34/h16,25-26,28-32H,7-15,17-24H2,1-6H3/t26-,28+,29+,30-,31+,32+,34+,35-/m1/s1/i28+1. The highest BCUT2D eigenvalue weighted by Crippen LogP contribution is 2.67. The minimum atomic E-state index is 0.0485. The molecular formula is C35H60O2. The lowest BCUT2D eigenvalue weighted by Crippen LogP contribution is -2.51. The molecule has 0 bridgehead atoms. The average molecular weight is 514 g/mol. The van der Waals surface area contributed by atoms with Gasteiger partial charge in [-0.05, 0) is 97.7 Å². The number of allylic oxidation sites excluding steroid dienone is 1. The highest BCUT2D eigenvalue weighted by atomic mass is 16.6. The summed E-state index contributed by atoms with van der Waals surface area (Å²) in [5.41, 5.74) is 2.54. The van der Waals surface area contributed by atoms with Crippen LogP contribution in [0.15, 0.2) is 11.6 Å². The number of fused-ring (bicyclic) bond motifs is 5. The maximum Gasteiger partial charge on any atom is 0.306 e. The molecule has 0 aromatic carbocycles. The Morgan fingerprint density at radius 2 is 1.73 bits per heavy atom. The van der Waals surface area contributed by atoms with E-state index in [2.05, 4.69) is 47.6 Å². The lowest BCUT2D eigenvalue weighted by molar-refractivity contribution is -0.151. The van der Waals surface area contributed by atoms with Gasteiger partial charge in [0.2, 0.25) is 0 Å². The molecule has 3 fully saturated rings. The Morgan fingerprint density at radius 1 is 0.946 bits per heavy atom. The summed E-state index contributed by atoms with van der Waals surface area (Å²) in [6.07, 6.45) is 23.9. The van der Waals surface area contributed by atoms with E-state index in [1.807, 2.05) is 0 Å². The van der Waals surface area contributed by atoms with Gasteiger partial charge >= 0.3 is 5.97 Å². The molecule has 3 saturated carbocycles. The number of hydrogen-bond donors (Lipinski definition) is 0. The van der Waals surface area contributed by atoms with Gasteiger partial charge in [0.1, 0.15) is 6.10 Å². The van der Waals surface area contributed by atoms with Gasteiger partial charge in [-0.25, -0.2) is 0 Å². The molecule has 0 saturated heterocycles. The van der Waals surface area contributed by atoms with Crippen molar-refractivity contribution < 1.29 is 9.53 Å². The Kier molecular flexibility index (Phi) is 9.94. The van der Waals surface area contributed by atoms with Gasteiger partial charge in [-0.15, -0.1) is 0 Å². The molecule has 0 heterocycles. The van der Waals surface area contributed by atoms with Crippen LogP contribution in [0.4, 0.5) is 0 Å². The Bertz CT molecular complexity index is 782. The quantitative estimate of drug-likeness (QED) is 0.112. The fourth-order valence-electron chi connectivity index (χ4n) is 9.87. The number of carbonyl (C=O) groups excluding carboxylic acids is 1. The Balaban J connectivity index is 1.34. The van der Waals surface area contributed by atoms with Gasteiger partial charge < -0.3 is 4.74 Å². The van der Waals surface area contributed by atoms with Crippen LogP contribution in [0.5, 0.6) is 0 Å². The number of unbranched alkanes of at least 4 members (excludes halogenated alkanes) is 4. The number of hydrogen-bond acceptors (Lipinski definition) is 2. The summed E-state index contributed by atoms with van der Waals surface area (Å²) in [4.78, 5) is 12.5. The van der Waals surface area contributed by atoms with Gasteiger partial charge in [-0.3, -0.25) is 4.79 Å². The smallest absolute Gasteiger partial charge is 0.306 e. The number of ether oxygens (including phenoxy) is 1. The first-order valence-corrected chi connectivity index (χ1v) is 16.6. The second kappa shape index (κ2) is 12.6. The van der Waals surface area contributed by atoms with E-state index >= 15 is 0 Å². The summed E-state index contributed by atoms with van der Waals surface area (Å²) in [7, 11) is 0. The van der Waals surface area contributed by atoms with E-state index in [9.17, 15) is 4.79 Å². The monoisotopic (exact) mass is 513 g/mol. The van der Waals surface area contributed by atoms with Crippen molar-refractivity contribution in [2.75, 3.05) is 0 Å². The topological polar surface area (TPSA) is 26.3 Å². The van der Waals surface area contributed by atoms with Crippen molar-refractivity contribution in [2.24, 2.45) is 46.3 Å². The Morgan fingerprint density at radius 3 is 2.49 bits per heavy atom. The molecule has 0 aromatic rings. The molecule has 8 atom stereocenters. The zero-order valence-electron chi connectivity index (χ0n) is 25.5. The minimum absolute atomic E-state index is 0.0485. The number of carbonyl (C=O) groups is 1. The first-order valence-electron chi connectivity index (χ1n) is 16.6. The van der Waals surface area contributed by atoms with Crippen LogP contribution in [-0.4, -0.2) is 12.1 Å². The van der Waals surface area contributed by atoms with Crippen LogP contribution >= 0.6 is 0 Å². The zero-order chi connectivity index (χ0) is 26.6. The maximum absolute atomic E-state index is 12.5. The predicted molar refractivity (Wildman–Crippen MR) is 156 cm³/mol. The van der Waals surface area contributed by atoms with E-state index in [4.69, 9.17) is 4.74 Å². The lowest BCUT2D eigenvalue weighted by Gasteiger charge is -2.58. The number of rotatable bonds is 12. The third kappa shape index (κ3) is 6.35. The van der Waals surface area contributed by atoms with Crippen LogP contribution < -0.4 is 0 Å². The van der Waals surface area contributed by atoms with Gasteiger partial charge in [0.25, 0.3) is 0 Å². The third-order valence-corrected chi connectivity index (χ3v) is 12.0.